The lowest BCUT2D eigenvalue weighted by Gasteiger charge is -2.40. The molecule has 1 N–H and O–H groups in total. The molecule has 0 saturated carbocycles. The SMILES string of the molecule is COc1ccc([C@H]2[C@H](C(=O)Nc3nc4ccccc4s3)c3cc(OC)c(OC)cc3C(=O)N2C)cc1. The molecule has 0 radical (unpaired) electrons. The first-order valence-electron chi connectivity index (χ1n) is 11.3. The molecule has 2 heterocycles. The van der Waals surface area contributed by atoms with Crippen LogP contribution in [-0.4, -0.2) is 50.1 Å². The van der Waals surface area contributed by atoms with E-state index in [-0.39, 0.29) is 11.8 Å². The molecule has 36 heavy (non-hydrogen) atoms. The van der Waals surface area contributed by atoms with Crippen LogP contribution in [-0.2, 0) is 4.79 Å². The molecule has 1 aliphatic heterocycles. The topological polar surface area (TPSA) is 90.0 Å². The van der Waals surface area contributed by atoms with Crippen molar-refractivity contribution in [2.75, 3.05) is 33.7 Å². The number of para-hydroxylation sites is 1. The van der Waals surface area contributed by atoms with E-state index in [0.29, 0.717) is 33.5 Å². The Kier molecular flexibility index (Phi) is 6.24. The second-order valence-corrected chi connectivity index (χ2v) is 9.41. The molecule has 0 saturated heterocycles. The summed E-state index contributed by atoms with van der Waals surface area (Å²) in [6.45, 7) is 0. The molecular formula is C27H25N3O5S. The van der Waals surface area contributed by atoms with Gasteiger partial charge in [-0.25, -0.2) is 4.98 Å². The molecule has 0 bridgehead atoms. The van der Waals surface area contributed by atoms with E-state index >= 15 is 0 Å². The maximum atomic E-state index is 13.9. The average Bonchev–Trinajstić information content (AvgIpc) is 3.32. The third-order valence-corrected chi connectivity index (χ3v) is 7.39. The van der Waals surface area contributed by atoms with Gasteiger partial charge in [0, 0.05) is 12.6 Å². The van der Waals surface area contributed by atoms with E-state index in [1.54, 1.807) is 31.2 Å². The van der Waals surface area contributed by atoms with Gasteiger partial charge in [0.2, 0.25) is 5.91 Å². The van der Waals surface area contributed by atoms with Gasteiger partial charge in [0.15, 0.2) is 16.6 Å². The van der Waals surface area contributed by atoms with E-state index in [1.165, 1.54) is 25.6 Å². The number of amides is 2. The minimum Gasteiger partial charge on any atom is -0.497 e. The van der Waals surface area contributed by atoms with Crippen molar-refractivity contribution in [3.8, 4) is 17.2 Å². The van der Waals surface area contributed by atoms with Gasteiger partial charge in [-0.1, -0.05) is 35.6 Å². The van der Waals surface area contributed by atoms with Crippen molar-refractivity contribution < 1.29 is 23.8 Å². The van der Waals surface area contributed by atoms with E-state index < -0.39 is 12.0 Å². The van der Waals surface area contributed by atoms with E-state index in [9.17, 15) is 9.59 Å². The Balaban J connectivity index is 1.64. The van der Waals surface area contributed by atoms with Crippen LogP contribution in [0.1, 0.15) is 33.4 Å². The molecule has 4 aromatic rings. The summed E-state index contributed by atoms with van der Waals surface area (Å²) in [7, 11) is 6.33. The first kappa shape index (κ1) is 23.6. The number of likely N-dealkylation sites (N-methyl/N-ethyl adjacent to an activating group) is 1. The second-order valence-electron chi connectivity index (χ2n) is 8.38. The first-order chi connectivity index (χ1) is 17.4. The van der Waals surface area contributed by atoms with Gasteiger partial charge in [-0.2, -0.15) is 0 Å². The second kappa shape index (κ2) is 9.50. The minimum atomic E-state index is -0.733. The van der Waals surface area contributed by atoms with Crippen LogP contribution in [0.15, 0.2) is 60.7 Å². The third kappa shape index (κ3) is 4.01. The Bertz CT molecular complexity index is 1420. The molecule has 0 spiro atoms. The number of fused-ring (bicyclic) bond motifs is 2. The Morgan fingerprint density at radius 3 is 2.33 bits per heavy atom. The number of carbonyl (C=O) groups excluding carboxylic acids is 2. The van der Waals surface area contributed by atoms with E-state index in [1.807, 2.05) is 48.5 Å². The van der Waals surface area contributed by atoms with Crippen molar-refractivity contribution in [1.82, 2.24) is 9.88 Å². The van der Waals surface area contributed by atoms with Gasteiger partial charge in [-0.3, -0.25) is 9.59 Å². The fraction of sp³-hybridized carbons (Fsp3) is 0.222. The van der Waals surface area contributed by atoms with Gasteiger partial charge in [0.25, 0.3) is 5.91 Å². The number of ether oxygens (including phenoxy) is 3. The molecule has 0 unspecified atom stereocenters. The Morgan fingerprint density at radius 2 is 1.67 bits per heavy atom. The summed E-state index contributed by atoms with van der Waals surface area (Å²) < 4.78 is 17.2. The van der Waals surface area contributed by atoms with Gasteiger partial charge in [-0.05, 0) is 47.5 Å². The van der Waals surface area contributed by atoms with Crippen molar-refractivity contribution in [2.45, 2.75) is 12.0 Å². The van der Waals surface area contributed by atoms with Crippen LogP contribution in [0, 0.1) is 0 Å². The maximum Gasteiger partial charge on any atom is 0.254 e. The first-order valence-corrected chi connectivity index (χ1v) is 12.1. The monoisotopic (exact) mass is 503 g/mol. The van der Waals surface area contributed by atoms with Gasteiger partial charge >= 0.3 is 0 Å². The largest absolute Gasteiger partial charge is 0.497 e. The number of benzene rings is 3. The van der Waals surface area contributed by atoms with Crippen LogP contribution in [0.3, 0.4) is 0 Å². The highest BCUT2D eigenvalue weighted by molar-refractivity contribution is 7.22. The van der Waals surface area contributed by atoms with Crippen LogP contribution in [0.5, 0.6) is 17.2 Å². The highest BCUT2D eigenvalue weighted by Gasteiger charge is 2.43. The van der Waals surface area contributed by atoms with Crippen LogP contribution >= 0.6 is 11.3 Å². The quantitative estimate of drug-likeness (QED) is 0.404. The lowest BCUT2D eigenvalue weighted by atomic mass is 9.79. The zero-order valence-corrected chi connectivity index (χ0v) is 21.1. The average molecular weight is 504 g/mol. The molecule has 2 atom stereocenters. The highest BCUT2D eigenvalue weighted by atomic mass is 32.1. The highest BCUT2D eigenvalue weighted by Crippen LogP contribution is 2.46. The lowest BCUT2D eigenvalue weighted by Crippen LogP contribution is -2.44. The molecule has 9 heteroatoms. The van der Waals surface area contributed by atoms with Gasteiger partial charge in [0.05, 0.1) is 43.5 Å². The smallest absolute Gasteiger partial charge is 0.254 e. The molecular weight excluding hydrogens is 478 g/mol. The Hall–Kier alpha value is -4.11. The Morgan fingerprint density at radius 1 is 0.972 bits per heavy atom. The van der Waals surface area contributed by atoms with Crippen LogP contribution in [0.2, 0.25) is 0 Å². The zero-order chi connectivity index (χ0) is 25.4. The standard InChI is InChI=1S/C27H25N3O5S/c1-30-24(15-9-11-16(33-2)12-10-15)23(17-13-20(34-3)21(35-4)14-18(17)26(30)32)25(31)29-27-28-19-7-5-6-8-22(19)36-27/h5-14,23-24H,1-4H3,(H,28,29,31)/t23-,24+/m1/s1. The van der Waals surface area contributed by atoms with Crippen LogP contribution in [0.4, 0.5) is 5.13 Å². The number of nitrogens with zero attached hydrogens (tertiary/aromatic N) is 2. The predicted octanol–water partition coefficient (Wildman–Crippen LogP) is 4.87. The fourth-order valence-corrected chi connectivity index (χ4v) is 5.53. The number of rotatable bonds is 6. The molecule has 5 rings (SSSR count). The minimum absolute atomic E-state index is 0.212. The number of thiazole rings is 1. The summed E-state index contributed by atoms with van der Waals surface area (Å²) in [4.78, 5) is 33.6. The van der Waals surface area contributed by atoms with Crippen molar-refractivity contribution in [1.29, 1.82) is 0 Å². The van der Waals surface area contributed by atoms with Crippen molar-refractivity contribution in [3.05, 3.63) is 77.4 Å². The number of nitrogens with one attached hydrogen (secondary N) is 1. The van der Waals surface area contributed by atoms with E-state index in [0.717, 1.165) is 15.8 Å². The zero-order valence-electron chi connectivity index (χ0n) is 20.3. The van der Waals surface area contributed by atoms with Gasteiger partial charge in [-0.15, -0.1) is 0 Å². The van der Waals surface area contributed by atoms with E-state index in [4.69, 9.17) is 14.2 Å². The maximum absolute atomic E-state index is 13.9. The predicted molar refractivity (Wildman–Crippen MR) is 138 cm³/mol. The fourth-order valence-electron chi connectivity index (χ4n) is 4.66. The summed E-state index contributed by atoms with van der Waals surface area (Å²) in [5.41, 5.74) is 2.57. The summed E-state index contributed by atoms with van der Waals surface area (Å²) in [5, 5.41) is 3.50. The molecule has 1 aromatic heterocycles. The lowest BCUT2D eigenvalue weighted by molar-refractivity contribution is -0.119. The summed E-state index contributed by atoms with van der Waals surface area (Å²) in [6.07, 6.45) is 0. The molecule has 2 amide bonds. The molecule has 3 aromatic carbocycles. The normalized spacial score (nSPS) is 17.0. The molecule has 184 valence electrons. The molecule has 0 fully saturated rings. The van der Waals surface area contributed by atoms with Crippen molar-refractivity contribution in [3.63, 3.8) is 0 Å². The van der Waals surface area contributed by atoms with Crippen molar-refractivity contribution in [2.24, 2.45) is 0 Å². The van der Waals surface area contributed by atoms with Crippen LogP contribution in [0.25, 0.3) is 10.2 Å². The van der Waals surface area contributed by atoms with Crippen LogP contribution < -0.4 is 19.5 Å². The summed E-state index contributed by atoms with van der Waals surface area (Å²) in [6, 6.07) is 17.9. The molecule has 8 nitrogen and oxygen atoms in total. The number of aromatic nitrogens is 1. The third-order valence-electron chi connectivity index (χ3n) is 6.44. The van der Waals surface area contributed by atoms with Crippen molar-refractivity contribution >= 4 is 38.5 Å². The Labute approximate surface area is 212 Å². The number of carbonyl (C=O) groups is 2. The summed E-state index contributed by atoms with van der Waals surface area (Å²) >= 11 is 1.40. The van der Waals surface area contributed by atoms with Gasteiger partial charge in [0.1, 0.15) is 5.75 Å². The van der Waals surface area contributed by atoms with E-state index in [2.05, 4.69) is 10.3 Å². The van der Waals surface area contributed by atoms with Gasteiger partial charge < -0.3 is 24.4 Å². The number of hydrogen-bond donors (Lipinski definition) is 1. The summed E-state index contributed by atoms with van der Waals surface area (Å²) in [5.74, 6) is 0.332. The number of hydrogen-bond acceptors (Lipinski definition) is 7. The molecule has 1 aliphatic rings. The number of methoxy groups -OCH3 is 3. The molecule has 0 aliphatic carbocycles. The number of anilines is 1.